The highest BCUT2D eigenvalue weighted by Gasteiger charge is 2.06. The smallest absolute Gasteiger partial charge is 0.166 e. The van der Waals surface area contributed by atoms with E-state index >= 15 is 0 Å². The van der Waals surface area contributed by atoms with Crippen LogP contribution in [0.15, 0.2) is 36.4 Å². The maximum Gasteiger partial charge on any atom is 0.166 e. The predicted octanol–water partition coefficient (Wildman–Crippen LogP) is 3.22. The topological polar surface area (TPSA) is 22.0 Å². The second-order valence-corrected chi connectivity index (χ2v) is 4.27. The third-order valence-corrected chi connectivity index (χ3v) is 3.05. The normalized spacial score (nSPS) is 10.5. The van der Waals surface area contributed by atoms with Crippen LogP contribution in [0.25, 0.3) is 0 Å². The average Bonchev–Trinajstić information content (AvgIpc) is 2.74. The van der Waals surface area contributed by atoms with E-state index < -0.39 is 0 Å². The molecule has 0 aliphatic heterocycles. The Morgan fingerprint density at radius 3 is 2.41 bits per heavy atom. The van der Waals surface area contributed by atoms with Crippen LogP contribution in [0.5, 0.6) is 0 Å². The van der Waals surface area contributed by atoms with Crippen molar-refractivity contribution in [2.45, 2.75) is 26.8 Å². The van der Waals surface area contributed by atoms with Gasteiger partial charge < -0.3 is 4.57 Å². The monoisotopic (exact) mass is 227 g/mol. The summed E-state index contributed by atoms with van der Waals surface area (Å²) in [6.07, 6.45) is 1.80. The van der Waals surface area contributed by atoms with Crippen molar-refractivity contribution in [1.82, 2.24) is 4.57 Å². The fourth-order valence-electron chi connectivity index (χ4n) is 2.09. The van der Waals surface area contributed by atoms with E-state index in [1.165, 1.54) is 16.8 Å². The summed E-state index contributed by atoms with van der Waals surface area (Å²) >= 11 is 0. The van der Waals surface area contributed by atoms with E-state index in [1.807, 2.05) is 12.1 Å². The molecule has 0 saturated heterocycles. The van der Waals surface area contributed by atoms with Crippen molar-refractivity contribution in [2.75, 3.05) is 0 Å². The minimum absolute atomic E-state index is 0.759. The average molecular weight is 227 g/mol. The molecule has 2 aromatic rings. The molecule has 1 aromatic heterocycles. The van der Waals surface area contributed by atoms with Gasteiger partial charge in [0.25, 0.3) is 0 Å². The van der Waals surface area contributed by atoms with E-state index in [4.69, 9.17) is 0 Å². The van der Waals surface area contributed by atoms with Crippen molar-refractivity contribution in [3.8, 4) is 0 Å². The molecule has 1 aromatic carbocycles. The standard InChI is InChI=1S/C15H17NO/c1-3-16-14(8-9-15(16)11-17)10-13-6-4-12(2)5-7-13/h4-9,11H,3,10H2,1-2H3. The number of aromatic nitrogens is 1. The number of benzene rings is 1. The van der Waals surface area contributed by atoms with Crippen LogP contribution in [0, 0.1) is 6.92 Å². The highest BCUT2D eigenvalue weighted by molar-refractivity contribution is 5.72. The van der Waals surface area contributed by atoms with Crippen molar-refractivity contribution in [3.05, 3.63) is 58.9 Å². The lowest BCUT2D eigenvalue weighted by Crippen LogP contribution is -2.04. The zero-order chi connectivity index (χ0) is 12.3. The molecule has 2 heteroatoms. The van der Waals surface area contributed by atoms with Crippen LogP contribution in [0.2, 0.25) is 0 Å². The molecule has 0 bridgehead atoms. The van der Waals surface area contributed by atoms with Crippen molar-refractivity contribution >= 4 is 6.29 Å². The summed E-state index contributed by atoms with van der Waals surface area (Å²) in [4.78, 5) is 10.9. The van der Waals surface area contributed by atoms with Crippen molar-refractivity contribution < 1.29 is 4.79 Å². The first-order chi connectivity index (χ1) is 8.24. The van der Waals surface area contributed by atoms with Gasteiger partial charge in [0.05, 0.1) is 5.69 Å². The number of rotatable bonds is 4. The summed E-state index contributed by atoms with van der Waals surface area (Å²) < 4.78 is 2.06. The molecule has 0 aliphatic carbocycles. The molecule has 2 rings (SSSR count). The number of aryl methyl sites for hydroxylation is 1. The lowest BCUT2D eigenvalue weighted by molar-refractivity contribution is 0.111. The molecule has 0 aliphatic rings. The molecular formula is C15H17NO. The number of hydrogen-bond donors (Lipinski definition) is 0. The molecule has 0 saturated carbocycles. The van der Waals surface area contributed by atoms with Crippen LogP contribution in [-0.2, 0) is 13.0 Å². The maximum absolute atomic E-state index is 10.9. The third kappa shape index (κ3) is 2.47. The third-order valence-electron chi connectivity index (χ3n) is 3.05. The largest absolute Gasteiger partial charge is 0.342 e. The molecule has 0 fully saturated rings. The van der Waals surface area contributed by atoms with Crippen molar-refractivity contribution in [1.29, 1.82) is 0 Å². The van der Waals surface area contributed by atoms with Gasteiger partial charge in [-0.05, 0) is 31.5 Å². The second-order valence-electron chi connectivity index (χ2n) is 4.27. The summed E-state index contributed by atoms with van der Waals surface area (Å²) in [5.41, 5.74) is 4.50. The SMILES string of the molecule is CCn1c(C=O)ccc1Cc1ccc(C)cc1. The summed E-state index contributed by atoms with van der Waals surface area (Å²) in [6.45, 7) is 4.98. The summed E-state index contributed by atoms with van der Waals surface area (Å²) in [5, 5.41) is 0. The Hall–Kier alpha value is -1.83. The minimum Gasteiger partial charge on any atom is -0.342 e. The molecule has 0 unspecified atom stereocenters. The minimum atomic E-state index is 0.759. The van der Waals surface area contributed by atoms with Gasteiger partial charge in [-0.1, -0.05) is 29.8 Å². The first-order valence-electron chi connectivity index (χ1n) is 5.93. The van der Waals surface area contributed by atoms with E-state index in [1.54, 1.807) is 0 Å². The van der Waals surface area contributed by atoms with Gasteiger partial charge in [0.15, 0.2) is 6.29 Å². The fourth-order valence-corrected chi connectivity index (χ4v) is 2.09. The Balaban J connectivity index is 2.26. The molecular weight excluding hydrogens is 210 g/mol. The summed E-state index contributed by atoms with van der Waals surface area (Å²) in [6, 6.07) is 12.4. The van der Waals surface area contributed by atoms with E-state index in [2.05, 4.69) is 42.7 Å². The van der Waals surface area contributed by atoms with Crippen LogP contribution < -0.4 is 0 Å². The first-order valence-corrected chi connectivity index (χ1v) is 5.93. The molecule has 1 heterocycles. The summed E-state index contributed by atoms with van der Waals surface area (Å²) in [7, 11) is 0. The summed E-state index contributed by atoms with van der Waals surface area (Å²) in [5.74, 6) is 0. The number of nitrogens with zero attached hydrogens (tertiary/aromatic N) is 1. The maximum atomic E-state index is 10.9. The van der Waals surface area contributed by atoms with Gasteiger partial charge in [0, 0.05) is 18.7 Å². The van der Waals surface area contributed by atoms with Crippen molar-refractivity contribution in [3.63, 3.8) is 0 Å². The molecule has 0 radical (unpaired) electrons. The van der Waals surface area contributed by atoms with Crippen LogP contribution in [0.4, 0.5) is 0 Å². The lowest BCUT2D eigenvalue weighted by Gasteiger charge is -2.08. The highest BCUT2D eigenvalue weighted by Crippen LogP contribution is 2.14. The second kappa shape index (κ2) is 5.00. The Kier molecular flexibility index (Phi) is 3.43. The Bertz CT molecular complexity index is 508. The van der Waals surface area contributed by atoms with Crippen LogP contribution in [-0.4, -0.2) is 10.9 Å². The van der Waals surface area contributed by atoms with E-state index in [0.717, 1.165) is 24.9 Å². The lowest BCUT2D eigenvalue weighted by atomic mass is 10.1. The molecule has 0 atom stereocenters. The van der Waals surface area contributed by atoms with E-state index in [9.17, 15) is 4.79 Å². The van der Waals surface area contributed by atoms with Gasteiger partial charge in [0.2, 0.25) is 0 Å². The van der Waals surface area contributed by atoms with Gasteiger partial charge in [-0.25, -0.2) is 0 Å². The first kappa shape index (κ1) is 11.6. The van der Waals surface area contributed by atoms with Crippen LogP contribution >= 0.6 is 0 Å². The van der Waals surface area contributed by atoms with Gasteiger partial charge >= 0.3 is 0 Å². The zero-order valence-electron chi connectivity index (χ0n) is 10.3. The molecule has 0 N–H and O–H groups in total. The Labute approximate surface area is 102 Å². The van der Waals surface area contributed by atoms with Gasteiger partial charge in [-0.2, -0.15) is 0 Å². The Morgan fingerprint density at radius 2 is 1.82 bits per heavy atom. The fraction of sp³-hybridized carbons (Fsp3) is 0.267. The zero-order valence-corrected chi connectivity index (χ0v) is 10.3. The molecule has 2 nitrogen and oxygen atoms in total. The van der Waals surface area contributed by atoms with Gasteiger partial charge in [-0.3, -0.25) is 4.79 Å². The number of carbonyl (C=O) groups is 1. The van der Waals surface area contributed by atoms with E-state index in [-0.39, 0.29) is 0 Å². The molecule has 0 spiro atoms. The van der Waals surface area contributed by atoms with Crippen LogP contribution in [0.3, 0.4) is 0 Å². The quantitative estimate of drug-likeness (QED) is 0.735. The predicted molar refractivity (Wildman–Crippen MR) is 69.5 cm³/mol. The van der Waals surface area contributed by atoms with Gasteiger partial charge in [-0.15, -0.1) is 0 Å². The van der Waals surface area contributed by atoms with Crippen molar-refractivity contribution in [2.24, 2.45) is 0 Å². The number of carbonyl (C=O) groups excluding carboxylic acids is 1. The van der Waals surface area contributed by atoms with Gasteiger partial charge in [0.1, 0.15) is 0 Å². The molecule has 88 valence electrons. The number of aldehydes is 1. The van der Waals surface area contributed by atoms with Crippen LogP contribution in [0.1, 0.15) is 34.2 Å². The molecule has 17 heavy (non-hydrogen) atoms. The highest BCUT2D eigenvalue weighted by atomic mass is 16.1. The molecule has 0 amide bonds. The number of hydrogen-bond acceptors (Lipinski definition) is 1. The Morgan fingerprint density at radius 1 is 1.12 bits per heavy atom. The van der Waals surface area contributed by atoms with E-state index in [0.29, 0.717) is 0 Å².